The molecule has 0 spiro atoms. The van der Waals surface area contributed by atoms with Gasteiger partial charge in [-0.1, -0.05) is 6.07 Å². The molecule has 1 aromatic rings. The summed E-state index contributed by atoms with van der Waals surface area (Å²) in [5.41, 5.74) is 2.89. The molecule has 2 aliphatic rings. The van der Waals surface area contributed by atoms with Gasteiger partial charge < -0.3 is 10.1 Å². The molecule has 2 heterocycles. The van der Waals surface area contributed by atoms with Crippen LogP contribution >= 0.6 is 11.8 Å². The Balaban J connectivity index is 1.74. The monoisotopic (exact) mass is 235 g/mol. The van der Waals surface area contributed by atoms with E-state index in [9.17, 15) is 0 Å². The van der Waals surface area contributed by atoms with Crippen molar-refractivity contribution in [3.8, 4) is 5.75 Å². The topological polar surface area (TPSA) is 21.3 Å². The van der Waals surface area contributed by atoms with Crippen molar-refractivity contribution in [1.29, 1.82) is 0 Å². The molecule has 0 bridgehead atoms. The van der Waals surface area contributed by atoms with Crippen molar-refractivity contribution in [2.45, 2.75) is 25.5 Å². The van der Waals surface area contributed by atoms with Crippen LogP contribution in [0.5, 0.6) is 5.75 Å². The van der Waals surface area contributed by atoms with Gasteiger partial charge in [-0.15, -0.1) is 0 Å². The second kappa shape index (κ2) is 4.68. The van der Waals surface area contributed by atoms with Crippen LogP contribution in [0.1, 0.15) is 17.5 Å². The highest BCUT2D eigenvalue weighted by Crippen LogP contribution is 2.25. The van der Waals surface area contributed by atoms with Crippen LogP contribution in [0.15, 0.2) is 18.2 Å². The Labute approximate surface area is 101 Å². The quantitative estimate of drug-likeness (QED) is 0.849. The number of fused-ring (bicyclic) bond motifs is 1. The first-order valence-electron chi connectivity index (χ1n) is 5.99. The Kier molecular flexibility index (Phi) is 3.06. The molecule has 16 heavy (non-hydrogen) atoms. The van der Waals surface area contributed by atoms with Crippen LogP contribution in [0.2, 0.25) is 0 Å². The standard InChI is InChI=1S/C13H17NOS/c1-2-12(15-13-4-6-16-9-13)7-10-3-5-14-8-11(1)10/h1-2,7,13-14H,3-6,8-9H2. The predicted octanol–water partition coefficient (Wildman–Crippen LogP) is 2.22. The normalized spacial score (nSPS) is 24.1. The lowest BCUT2D eigenvalue weighted by Crippen LogP contribution is -2.23. The Bertz CT molecular complexity index is 374. The first-order chi connectivity index (χ1) is 7.92. The second-order valence-electron chi connectivity index (χ2n) is 4.46. The Hall–Kier alpha value is -0.670. The zero-order chi connectivity index (χ0) is 10.8. The van der Waals surface area contributed by atoms with Crippen LogP contribution in [0.25, 0.3) is 0 Å². The summed E-state index contributed by atoms with van der Waals surface area (Å²) in [6.07, 6.45) is 2.76. The highest BCUT2D eigenvalue weighted by molar-refractivity contribution is 7.99. The molecule has 1 saturated heterocycles. The van der Waals surface area contributed by atoms with E-state index in [0.29, 0.717) is 6.10 Å². The molecule has 1 fully saturated rings. The van der Waals surface area contributed by atoms with Gasteiger partial charge >= 0.3 is 0 Å². The zero-order valence-corrected chi connectivity index (χ0v) is 10.2. The molecule has 0 aromatic heterocycles. The van der Waals surface area contributed by atoms with Crippen LogP contribution in [-0.4, -0.2) is 24.2 Å². The molecule has 1 unspecified atom stereocenters. The summed E-state index contributed by atoms with van der Waals surface area (Å²) < 4.78 is 6.00. The van der Waals surface area contributed by atoms with Crippen LogP contribution in [0, 0.1) is 0 Å². The number of benzene rings is 1. The van der Waals surface area contributed by atoms with E-state index in [1.165, 1.54) is 23.3 Å². The number of rotatable bonds is 2. The summed E-state index contributed by atoms with van der Waals surface area (Å²) >= 11 is 2.00. The molecule has 2 aliphatic heterocycles. The Morgan fingerprint density at radius 3 is 3.19 bits per heavy atom. The molecule has 2 nitrogen and oxygen atoms in total. The van der Waals surface area contributed by atoms with Gasteiger partial charge in [-0.05, 0) is 48.4 Å². The summed E-state index contributed by atoms with van der Waals surface area (Å²) in [5, 5.41) is 3.39. The van der Waals surface area contributed by atoms with Gasteiger partial charge in [-0.2, -0.15) is 11.8 Å². The molecule has 1 aromatic carbocycles. The van der Waals surface area contributed by atoms with E-state index in [0.717, 1.165) is 31.0 Å². The fourth-order valence-electron chi connectivity index (χ4n) is 2.33. The fraction of sp³-hybridized carbons (Fsp3) is 0.538. The van der Waals surface area contributed by atoms with Gasteiger partial charge in [0.2, 0.25) is 0 Å². The molecule has 3 heteroatoms. The summed E-state index contributed by atoms with van der Waals surface area (Å²) in [5.74, 6) is 3.46. The Morgan fingerprint density at radius 1 is 1.31 bits per heavy atom. The number of hydrogen-bond acceptors (Lipinski definition) is 3. The summed E-state index contributed by atoms with van der Waals surface area (Å²) in [4.78, 5) is 0. The van der Waals surface area contributed by atoms with Gasteiger partial charge in [-0.25, -0.2) is 0 Å². The van der Waals surface area contributed by atoms with E-state index < -0.39 is 0 Å². The number of hydrogen-bond donors (Lipinski definition) is 1. The van der Waals surface area contributed by atoms with E-state index in [1.54, 1.807) is 0 Å². The van der Waals surface area contributed by atoms with Crippen molar-refractivity contribution < 1.29 is 4.74 Å². The first kappa shape index (κ1) is 10.5. The SMILES string of the molecule is c1cc2c(cc1OC1CCSC1)CCNC2. The van der Waals surface area contributed by atoms with E-state index >= 15 is 0 Å². The largest absolute Gasteiger partial charge is 0.490 e. The molecule has 3 rings (SSSR count). The summed E-state index contributed by atoms with van der Waals surface area (Å²) in [6, 6.07) is 6.56. The minimum absolute atomic E-state index is 0.435. The fourth-order valence-corrected chi connectivity index (χ4v) is 3.42. The lowest BCUT2D eigenvalue weighted by atomic mass is 10.0. The van der Waals surface area contributed by atoms with Crippen LogP contribution in [-0.2, 0) is 13.0 Å². The van der Waals surface area contributed by atoms with Crippen LogP contribution in [0.3, 0.4) is 0 Å². The molecular weight excluding hydrogens is 218 g/mol. The molecule has 1 N–H and O–H groups in total. The molecule has 0 saturated carbocycles. The third-order valence-corrected chi connectivity index (χ3v) is 4.39. The van der Waals surface area contributed by atoms with Crippen molar-refractivity contribution in [3.63, 3.8) is 0 Å². The molecule has 1 atom stereocenters. The number of ether oxygens (including phenoxy) is 1. The molecule has 0 amide bonds. The molecule has 0 aliphatic carbocycles. The molecular formula is C13H17NOS. The third kappa shape index (κ3) is 2.20. The van der Waals surface area contributed by atoms with E-state index in [2.05, 4.69) is 23.5 Å². The van der Waals surface area contributed by atoms with Gasteiger partial charge in [-0.3, -0.25) is 0 Å². The minimum Gasteiger partial charge on any atom is -0.490 e. The van der Waals surface area contributed by atoms with Gasteiger partial charge in [0.1, 0.15) is 11.9 Å². The van der Waals surface area contributed by atoms with Crippen molar-refractivity contribution in [1.82, 2.24) is 5.32 Å². The minimum atomic E-state index is 0.435. The van der Waals surface area contributed by atoms with Crippen molar-refractivity contribution in [2.75, 3.05) is 18.1 Å². The van der Waals surface area contributed by atoms with Crippen molar-refractivity contribution >= 4 is 11.8 Å². The maximum atomic E-state index is 6.00. The average Bonchev–Trinajstić information content (AvgIpc) is 2.82. The van der Waals surface area contributed by atoms with E-state index in [-0.39, 0.29) is 0 Å². The average molecular weight is 235 g/mol. The van der Waals surface area contributed by atoms with Crippen LogP contribution < -0.4 is 10.1 Å². The second-order valence-corrected chi connectivity index (χ2v) is 5.61. The molecule has 0 radical (unpaired) electrons. The maximum Gasteiger partial charge on any atom is 0.120 e. The highest BCUT2D eigenvalue weighted by Gasteiger charge is 2.17. The lowest BCUT2D eigenvalue weighted by Gasteiger charge is -2.19. The molecule has 86 valence electrons. The number of thioether (sulfide) groups is 1. The van der Waals surface area contributed by atoms with Crippen molar-refractivity contribution in [3.05, 3.63) is 29.3 Å². The van der Waals surface area contributed by atoms with E-state index in [1.807, 2.05) is 11.8 Å². The first-order valence-corrected chi connectivity index (χ1v) is 7.14. The highest BCUT2D eigenvalue weighted by atomic mass is 32.2. The van der Waals surface area contributed by atoms with Crippen molar-refractivity contribution in [2.24, 2.45) is 0 Å². The smallest absolute Gasteiger partial charge is 0.120 e. The Morgan fingerprint density at radius 2 is 2.31 bits per heavy atom. The van der Waals surface area contributed by atoms with Gasteiger partial charge in [0.05, 0.1) is 0 Å². The summed E-state index contributed by atoms with van der Waals surface area (Å²) in [6.45, 7) is 2.10. The summed E-state index contributed by atoms with van der Waals surface area (Å²) in [7, 11) is 0. The van der Waals surface area contributed by atoms with Crippen LogP contribution in [0.4, 0.5) is 0 Å². The number of nitrogens with one attached hydrogen (secondary N) is 1. The third-order valence-electron chi connectivity index (χ3n) is 3.25. The lowest BCUT2D eigenvalue weighted by molar-refractivity contribution is 0.229. The predicted molar refractivity (Wildman–Crippen MR) is 68.2 cm³/mol. The van der Waals surface area contributed by atoms with E-state index in [4.69, 9.17) is 4.74 Å². The van der Waals surface area contributed by atoms with Gasteiger partial charge in [0.25, 0.3) is 0 Å². The van der Waals surface area contributed by atoms with Gasteiger partial charge in [0, 0.05) is 12.3 Å². The zero-order valence-electron chi connectivity index (χ0n) is 9.37. The van der Waals surface area contributed by atoms with Gasteiger partial charge in [0.15, 0.2) is 0 Å². The maximum absolute atomic E-state index is 6.00.